The van der Waals surface area contributed by atoms with E-state index in [4.69, 9.17) is 9.47 Å². The summed E-state index contributed by atoms with van der Waals surface area (Å²) in [5, 5.41) is 9.11. The van der Waals surface area contributed by atoms with Gasteiger partial charge in [0, 0.05) is 31.3 Å². The van der Waals surface area contributed by atoms with Crippen LogP contribution in [-0.4, -0.2) is 44.7 Å². The van der Waals surface area contributed by atoms with Crippen LogP contribution in [-0.2, 0) is 4.79 Å². The minimum atomic E-state index is -0.0901. The summed E-state index contributed by atoms with van der Waals surface area (Å²) in [7, 11) is 0. The molecule has 0 atom stereocenters. The molecule has 0 bridgehead atoms. The molecule has 140 valence electrons. The lowest BCUT2D eigenvalue weighted by Crippen LogP contribution is -2.33. The molecule has 8 heteroatoms. The highest BCUT2D eigenvalue weighted by Gasteiger charge is 2.11. The van der Waals surface area contributed by atoms with E-state index in [1.807, 2.05) is 32.0 Å². The molecule has 0 aromatic heterocycles. The lowest BCUT2D eigenvalue weighted by molar-refractivity contribution is -0.119. The van der Waals surface area contributed by atoms with Gasteiger partial charge in [0.25, 0.3) is 0 Å². The summed E-state index contributed by atoms with van der Waals surface area (Å²) in [6, 6.07) is 5.66. The van der Waals surface area contributed by atoms with Gasteiger partial charge in [-0.3, -0.25) is 4.79 Å². The Balaban J connectivity index is 0.00000312. The minimum absolute atomic E-state index is 0. The summed E-state index contributed by atoms with van der Waals surface area (Å²) in [5.74, 6) is 1.93. The van der Waals surface area contributed by atoms with Gasteiger partial charge in [-0.25, -0.2) is 4.99 Å². The quantitative estimate of drug-likeness (QED) is 0.344. The molecule has 1 aromatic rings. The maximum Gasteiger partial charge on any atom is 0.241 e. The summed E-state index contributed by atoms with van der Waals surface area (Å²) in [5.41, 5.74) is 0.827. The molecule has 3 N–H and O–H groups in total. The number of guanidine groups is 1. The Morgan fingerprint density at radius 3 is 2.64 bits per heavy atom. The van der Waals surface area contributed by atoms with Crippen LogP contribution in [0.4, 0.5) is 5.69 Å². The third kappa shape index (κ3) is 7.37. The molecule has 0 saturated heterocycles. The van der Waals surface area contributed by atoms with Crippen LogP contribution in [0.3, 0.4) is 0 Å². The number of anilines is 1. The third-order valence-corrected chi connectivity index (χ3v) is 3.31. The van der Waals surface area contributed by atoms with Crippen LogP contribution in [0.1, 0.15) is 26.7 Å². The number of carbonyl (C=O) groups is 1. The van der Waals surface area contributed by atoms with Gasteiger partial charge in [0.15, 0.2) is 17.5 Å². The van der Waals surface area contributed by atoms with Gasteiger partial charge >= 0.3 is 0 Å². The monoisotopic (exact) mass is 462 g/mol. The highest BCUT2D eigenvalue weighted by atomic mass is 127. The van der Waals surface area contributed by atoms with E-state index in [1.54, 1.807) is 0 Å². The molecule has 1 aromatic carbocycles. The van der Waals surface area contributed by atoms with Crippen LogP contribution >= 0.6 is 24.0 Å². The first-order valence-corrected chi connectivity index (χ1v) is 8.44. The Labute approximate surface area is 166 Å². The van der Waals surface area contributed by atoms with Crippen molar-refractivity contribution in [2.45, 2.75) is 26.7 Å². The van der Waals surface area contributed by atoms with Gasteiger partial charge < -0.3 is 25.4 Å². The Kier molecular flexibility index (Phi) is 10.0. The second kappa shape index (κ2) is 11.8. The average molecular weight is 462 g/mol. The zero-order valence-corrected chi connectivity index (χ0v) is 17.1. The van der Waals surface area contributed by atoms with Crippen molar-refractivity contribution < 1.29 is 14.3 Å². The predicted octanol–water partition coefficient (Wildman–Crippen LogP) is 2.37. The van der Waals surface area contributed by atoms with Gasteiger partial charge in [0.05, 0.1) is 13.2 Å². The molecular formula is C17H27IN4O3. The van der Waals surface area contributed by atoms with Gasteiger partial charge in [-0.05, 0) is 25.5 Å². The summed E-state index contributed by atoms with van der Waals surface area (Å²) < 4.78 is 11.3. The lowest BCUT2D eigenvalue weighted by Gasteiger charge is -2.13. The van der Waals surface area contributed by atoms with Crippen molar-refractivity contribution in [2.75, 3.05) is 38.2 Å². The zero-order valence-electron chi connectivity index (χ0n) is 14.8. The number of benzene rings is 1. The zero-order chi connectivity index (χ0) is 17.2. The number of hydrogen-bond donors (Lipinski definition) is 3. The van der Waals surface area contributed by atoms with Crippen LogP contribution in [0.25, 0.3) is 0 Å². The summed E-state index contributed by atoms with van der Waals surface area (Å²) >= 11 is 0. The Morgan fingerprint density at radius 2 is 1.92 bits per heavy atom. The Hall–Kier alpha value is -1.71. The molecule has 0 radical (unpaired) electrons. The van der Waals surface area contributed by atoms with Gasteiger partial charge in [-0.1, -0.05) is 6.92 Å². The molecule has 0 spiro atoms. The van der Waals surface area contributed by atoms with Crippen molar-refractivity contribution in [3.05, 3.63) is 18.2 Å². The number of fused-ring (bicyclic) bond motifs is 1. The molecule has 1 aliphatic heterocycles. The van der Waals surface area contributed by atoms with E-state index in [0.29, 0.717) is 38.0 Å². The second-order valence-electron chi connectivity index (χ2n) is 5.38. The minimum Gasteiger partial charge on any atom is -0.490 e. The molecule has 0 aliphatic carbocycles. The molecule has 7 nitrogen and oxygen atoms in total. The number of carbonyl (C=O) groups excluding carboxylic acids is 1. The molecule has 25 heavy (non-hydrogen) atoms. The molecule has 1 heterocycles. The molecule has 2 rings (SSSR count). The van der Waals surface area contributed by atoms with Crippen LogP contribution in [0, 0.1) is 0 Å². The first-order chi connectivity index (χ1) is 11.7. The maximum absolute atomic E-state index is 11.7. The number of amides is 1. The molecule has 0 unspecified atom stereocenters. The van der Waals surface area contributed by atoms with E-state index < -0.39 is 0 Å². The number of hydrogen-bond acceptors (Lipinski definition) is 4. The van der Waals surface area contributed by atoms with Gasteiger partial charge in [0.2, 0.25) is 5.91 Å². The molecule has 0 fully saturated rings. The van der Waals surface area contributed by atoms with Crippen molar-refractivity contribution in [3.63, 3.8) is 0 Å². The number of ether oxygens (including phenoxy) is 2. The Bertz CT molecular complexity index is 581. The number of nitrogens with zero attached hydrogens (tertiary/aromatic N) is 1. The van der Waals surface area contributed by atoms with Gasteiger partial charge in [0.1, 0.15) is 6.54 Å². The van der Waals surface area contributed by atoms with Crippen molar-refractivity contribution >= 4 is 41.5 Å². The Morgan fingerprint density at radius 1 is 1.16 bits per heavy atom. The smallest absolute Gasteiger partial charge is 0.241 e. The van der Waals surface area contributed by atoms with Crippen LogP contribution < -0.4 is 25.4 Å². The standard InChI is InChI=1S/C17H26N4O3.HI/c1-3-8-19-16(22)12-20-17(18-4-2)21-13-6-7-14-15(11-13)24-10-5-9-23-14;/h6-7,11H,3-5,8-10,12H2,1-2H3,(H,19,22)(H2,18,20,21);1H. The number of rotatable bonds is 6. The summed E-state index contributed by atoms with van der Waals surface area (Å²) in [6.07, 6.45) is 1.78. The van der Waals surface area contributed by atoms with E-state index in [2.05, 4.69) is 20.9 Å². The first-order valence-electron chi connectivity index (χ1n) is 8.44. The predicted molar refractivity (Wildman–Crippen MR) is 110 cm³/mol. The van der Waals surface area contributed by atoms with Crippen molar-refractivity contribution in [2.24, 2.45) is 4.99 Å². The third-order valence-electron chi connectivity index (χ3n) is 3.31. The number of nitrogens with one attached hydrogen (secondary N) is 3. The fraction of sp³-hybridized carbons (Fsp3) is 0.529. The normalized spacial score (nSPS) is 13.3. The highest BCUT2D eigenvalue weighted by molar-refractivity contribution is 14.0. The summed E-state index contributed by atoms with van der Waals surface area (Å²) in [4.78, 5) is 16.0. The van der Waals surface area contributed by atoms with Crippen LogP contribution in [0.15, 0.2) is 23.2 Å². The fourth-order valence-corrected chi connectivity index (χ4v) is 2.16. The summed E-state index contributed by atoms with van der Waals surface area (Å²) in [6.45, 7) is 6.74. The van der Waals surface area contributed by atoms with Gasteiger partial charge in [-0.2, -0.15) is 0 Å². The lowest BCUT2D eigenvalue weighted by atomic mass is 10.3. The first kappa shape index (κ1) is 21.3. The van der Waals surface area contributed by atoms with E-state index >= 15 is 0 Å². The highest BCUT2D eigenvalue weighted by Crippen LogP contribution is 2.32. The van der Waals surface area contributed by atoms with E-state index in [0.717, 1.165) is 24.3 Å². The number of aliphatic imine (C=N–C) groups is 1. The molecule has 1 amide bonds. The largest absolute Gasteiger partial charge is 0.490 e. The van der Waals surface area contributed by atoms with Crippen LogP contribution in [0.2, 0.25) is 0 Å². The van der Waals surface area contributed by atoms with E-state index in [-0.39, 0.29) is 36.4 Å². The van der Waals surface area contributed by atoms with Crippen molar-refractivity contribution in [1.29, 1.82) is 0 Å². The van der Waals surface area contributed by atoms with E-state index in [1.165, 1.54) is 0 Å². The molecule has 1 aliphatic rings. The van der Waals surface area contributed by atoms with Crippen molar-refractivity contribution in [1.82, 2.24) is 10.6 Å². The SMILES string of the molecule is CCCNC(=O)CN=C(NCC)Nc1ccc2c(c1)OCCCO2.I. The van der Waals surface area contributed by atoms with Gasteiger partial charge in [-0.15, -0.1) is 24.0 Å². The molecule has 0 saturated carbocycles. The second-order valence-corrected chi connectivity index (χ2v) is 5.38. The maximum atomic E-state index is 11.7. The van der Waals surface area contributed by atoms with E-state index in [9.17, 15) is 4.79 Å². The molecular weight excluding hydrogens is 435 g/mol. The number of halogens is 1. The van der Waals surface area contributed by atoms with Crippen LogP contribution in [0.5, 0.6) is 11.5 Å². The van der Waals surface area contributed by atoms with Crippen molar-refractivity contribution in [3.8, 4) is 11.5 Å². The average Bonchev–Trinajstić information content (AvgIpc) is 2.83. The fourth-order valence-electron chi connectivity index (χ4n) is 2.16. The topological polar surface area (TPSA) is 84.0 Å².